The Morgan fingerprint density at radius 1 is 1.22 bits per heavy atom. The van der Waals surface area contributed by atoms with Gasteiger partial charge in [0.15, 0.2) is 0 Å². The molecule has 0 aliphatic rings. The van der Waals surface area contributed by atoms with Gasteiger partial charge in [0.1, 0.15) is 0 Å². The Labute approximate surface area is 137 Å². The maximum atomic E-state index is 11.8. The van der Waals surface area contributed by atoms with Gasteiger partial charge in [-0.1, -0.05) is 32.9 Å². The summed E-state index contributed by atoms with van der Waals surface area (Å²) in [5.74, 6) is -1.13. The van der Waals surface area contributed by atoms with E-state index in [1.165, 1.54) is 11.6 Å². The molecule has 0 saturated heterocycles. The van der Waals surface area contributed by atoms with Gasteiger partial charge in [-0.15, -0.1) is 0 Å². The summed E-state index contributed by atoms with van der Waals surface area (Å²) in [5, 5.41) is 12.0. The maximum absolute atomic E-state index is 11.8. The summed E-state index contributed by atoms with van der Waals surface area (Å²) >= 11 is 0. The molecule has 1 rings (SSSR count). The number of carboxylic acids is 1. The van der Waals surface area contributed by atoms with Gasteiger partial charge in [0.2, 0.25) is 0 Å². The molecule has 0 saturated carbocycles. The van der Waals surface area contributed by atoms with Crippen molar-refractivity contribution in [1.82, 2.24) is 0 Å². The summed E-state index contributed by atoms with van der Waals surface area (Å²) in [6.07, 6.45) is 1.44. The van der Waals surface area contributed by atoms with Crippen molar-refractivity contribution in [2.45, 2.75) is 52.6 Å². The van der Waals surface area contributed by atoms with Crippen molar-refractivity contribution >= 4 is 17.6 Å². The van der Waals surface area contributed by atoms with E-state index in [9.17, 15) is 9.59 Å². The summed E-state index contributed by atoms with van der Waals surface area (Å²) in [6, 6.07) is 7.68. The average Bonchev–Trinajstić information content (AvgIpc) is 2.46. The van der Waals surface area contributed by atoms with E-state index in [2.05, 4.69) is 19.2 Å². The molecule has 126 valence electrons. The maximum Gasteiger partial charge on any atom is 0.332 e. The Kier molecular flexibility index (Phi) is 7.32. The van der Waals surface area contributed by atoms with E-state index in [0.717, 1.165) is 5.69 Å². The molecule has 0 radical (unpaired) electrons. The fraction of sp³-hybridized carbons (Fsp3) is 0.444. The summed E-state index contributed by atoms with van der Waals surface area (Å²) < 4.78 is 5.15. The number of rotatable bonds is 8. The lowest BCUT2D eigenvalue weighted by Gasteiger charge is -2.13. The molecule has 1 aromatic carbocycles. The van der Waals surface area contributed by atoms with Crippen LogP contribution in [0.5, 0.6) is 0 Å². The second kappa shape index (κ2) is 8.98. The van der Waals surface area contributed by atoms with Crippen molar-refractivity contribution in [2.75, 3.05) is 5.32 Å². The molecule has 5 heteroatoms. The van der Waals surface area contributed by atoms with Crippen LogP contribution in [0.25, 0.3) is 0 Å². The Balaban J connectivity index is 2.85. The molecule has 5 nitrogen and oxygen atoms in total. The van der Waals surface area contributed by atoms with E-state index in [1.807, 2.05) is 31.2 Å². The normalized spacial score (nSPS) is 12.8. The zero-order valence-electron chi connectivity index (χ0n) is 14.1. The van der Waals surface area contributed by atoms with Crippen LogP contribution in [0.4, 0.5) is 5.69 Å². The predicted octanol–water partition coefficient (Wildman–Crippen LogP) is 3.92. The first-order chi connectivity index (χ1) is 10.8. The summed E-state index contributed by atoms with van der Waals surface area (Å²) in [6.45, 7) is 7.90. The molecule has 0 aromatic heterocycles. The molecule has 0 heterocycles. The van der Waals surface area contributed by atoms with Crippen LogP contribution in [-0.2, 0) is 14.3 Å². The Morgan fingerprint density at radius 2 is 1.83 bits per heavy atom. The Morgan fingerprint density at radius 3 is 2.30 bits per heavy atom. The van der Waals surface area contributed by atoms with Crippen molar-refractivity contribution in [1.29, 1.82) is 0 Å². The van der Waals surface area contributed by atoms with Gasteiger partial charge in [-0.3, -0.25) is 4.79 Å². The first-order valence-electron chi connectivity index (χ1n) is 7.81. The largest absolute Gasteiger partial charge is 0.481 e. The van der Waals surface area contributed by atoms with Gasteiger partial charge in [0, 0.05) is 17.5 Å². The molecule has 2 N–H and O–H groups in total. The van der Waals surface area contributed by atoms with Crippen LogP contribution in [0.3, 0.4) is 0 Å². The molecule has 0 spiro atoms. The highest BCUT2D eigenvalue weighted by Gasteiger charge is 2.10. The third kappa shape index (κ3) is 7.00. The Hall–Kier alpha value is -2.30. The first-order valence-corrected chi connectivity index (χ1v) is 7.81. The molecular formula is C18H25NO4. The number of carboxylic acid groups (broad SMARTS) is 1. The molecule has 1 unspecified atom stereocenters. The van der Waals surface area contributed by atoms with Crippen molar-refractivity contribution in [3.8, 4) is 0 Å². The minimum absolute atomic E-state index is 0.199. The summed E-state index contributed by atoms with van der Waals surface area (Å²) in [7, 11) is 0. The Bertz CT molecular complexity index is 561. The van der Waals surface area contributed by atoms with Crippen LogP contribution in [0.2, 0.25) is 0 Å². The lowest BCUT2D eigenvalue weighted by molar-refractivity contribution is -0.142. The second-order valence-corrected chi connectivity index (χ2v) is 5.80. The third-order valence-corrected chi connectivity index (χ3v) is 3.41. The molecule has 23 heavy (non-hydrogen) atoms. The zero-order chi connectivity index (χ0) is 17.4. The smallest absolute Gasteiger partial charge is 0.332 e. The standard InChI is InChI=1S/C18H25NO4/c1-5-13(4)23-18(22)11-16(10-17(20)21)19-15-8-6-14(7-9-15)12(2)3/h6-9,11-13,19H,5,10H2,1-4H3,(H,20,21). The number of hydrogen-bond donors (Lipinski definition) is 2. The van der Waals surface area contributed by atoms with Gasteiger partial charge in [-0.25, -0.2) is 4.79 Å². The van der Waals surface area contributed by atoms with Crippen molar-refractivity contribution in [2.24, 2.45) is 0 Å². The number of carbonyl (C=O) groups excluding carboxylic acids is 1. The van der Waals surface area contributed by atoms with Gasteiger partial charge in [0.25, 0.3) is 0 Å². The monoisotopic (exact) mass is 319 g/mol. The predicted molar refractivity (Wildman–Crippen MR) is 90.3 cm³/mol. The van der Waals surface area contributed by atoms with Gasteiger partial charge in [-0.05, 0) is 37.0 Å². The quantitative estimate of drug-likeness (QED) is 0.561. The lowest BCUT2D eigenvalue weighted by Crippen LogP contribution is -2.14. The highest BCUT2D eigenvalue weighted by molar-refractivity contribution is 5.85. The number of carbonyl (C=O) groups is 2. The van der Waals surface area contributed by atoms with Crippen molar-refractivity contribution in [3.63, 3.8) is 0 Å². The van der Waals surface area contributed by atoms with Crippen molar-refractivity contribution < 1.29 is 19.4 Å². The summed E-state index contributed by atoms with van der Waals surface area (Å²) in [4.78, 5) is 22.8. The van der Waals surface area contributed by atoms with Crippen LogP contribution in [0, 0.1) is 0 Å². The number of esters is 1. The van der Waals surface area contributed by atoms with E-state index >= 15 is 0 Å². The minimum Gasteiger partial charge on any atom is -0.481 e. The average molecular weight is 319 g/mol. The third-order valence-electron chi connectivity index (χ3n) is 3.41. The van der Waals surface area contributed by atoms with Gasteiger partial charge in [-0.2, -0.15) is 0 Å². The molecule has 0 bridgehead atoms. The number of hydrogen-bond acceptors (Lipinski definition) is 4. The van der Waals surface area contributed by atoms with Crippen LogP contribution >= 0.6 is 0 Å². The highest BCUT2D eigenvalue weighted by atomic mass is 16.5. The molecule has 0 aliphatic heterocycles. The van der Waals surface area contributed by atoms with E-state index in [-0.39, 0.29) is 12.5 Å². The van der Waals surface area contributed by atoms with Crippen LogP contribution in [-0.4, -0.2) is 23.1 Å². The van der Waals surface area contributed by atoms with Crippen LogP contribution in [0.1, 0.15) is 52.0 Å². The number of ether oxygens (including phenoxy) is 1. The second-order valence-electron chi connectivity index (χ2n) is 5.80. The topological polar surface area (TPSA) is 75.6 Å². The summed E-state index contributed by atoms with van der Waals surface area (Å²) in [5.41, 5.74) is 2.22. The fourth-order valence-corrected chi connectivity index (χ4v) is 1.89. The molecular weight excluding hydrogens is 294 g/mol. The molecule has 0 amide bonds. The minimum atomic E-state index is -1.01. The fourth-order valence-electron chi connectivity index (χ4n) is 1.89. The van der Waals surface area contributed by atoms with Gasteiger partial charge < -0.3 is 15.2 Å². The van der Waals surface area contributed by atoms with Crippen molar-refractivity contribution in [3.05, 3.63) is 41.6 Å². The SMILES string of the molecule is CCC(C)OC(=O)C=C(CC(=O)O)Nc1ccc(C(C)C)cc1. The zero-order valence-corrected chi connectivity index (χ0v) is 14.1. The number of benzene rings is 1. The van der Waals surface area contributed by atoms with Crippen LogP contribution < -0.4 is 5.32 Å². The number of aliphatic carboxylic acids is 1. The lowest BCUT2D eigenvalue weighted by atomic mass is 10.0. The van der Waals surface area contributed by atoms with Crippen LogP contribution in [0.15, 0.2) is 36.0 Å². The molecule has 1 atom stereocenters. The van der Waals surface area contributed by atoms with E-state index < -0.39 is 11.9 Å². The van der Waals surface area contributed by atoms with E-state index in [1.54, 1.807) is 6.92 Å². The first kappa shape index (κ1) is 18.7. The van der Waals surface area contributed by atoms with E-state index in [0.29, 0.717) is 18.0 Å². The number of anilines is 1. The highest BCUT2D eigenvalue weighted by Crippen LogP contribution is 2.19. The van der Waals surface area contributed by atoms with E-state index in [4.69, 9.17) is 9.84 Å². The number of nitrogens with one attached hydrogen (secondary N) is 1. The molecule has 0 fully saturated rings. The van der Waals surface area contributed by atoms with Gasteiger partial charge >= 0.3 is 11.9 Å². The molecule has 0 aliphatic carbocycles. The van der Waals surface area contributed by atoms with Gasteiger partial charge in [0.05, 0.1) is 12.5 Å². The molecule has 1 aromatic rings.